The largest absolute Gasteiger partial charge is 0.355 e. The van der Waals surface area contributed by atoms with Crippen molar-refractivity contribution >= 4 is 11.6 Å². The Morgan fingerprint density at radius 3 is 2.29 bits per heavy atom. The van der Waals surface area contributed by atoms with Gasteiger partial charge >= 0.3 is 0 Å². The van der Waals surface area contributed by atoms with Crippen LogP contribution in [0.4, 0.5) is 5.69 Å². The second-order valence-corrected chi connectivity index (χ2v) is 5.12. The minimum Gasteiger partial charge on any atom is -0.355 e. The molecule has 1 aromatic carbocycles. The number of hydrogen-bond acceptors (Lipinski definition) is 4. The molecule has 1 aromatic rings. The van der Waals surface area contributed by atoms with E-state index in [4.69, 9.17) is 5.73 Å². The van der Waals surface area contributed by atoms with Crippen molar-refractivity contribution in [2.24, 2.45) is 11.1 Å². The number of nitro groups is 1. The van der Waals surface area contributed by atoms with Crippen molar-refractivity contribution in [3.63, 3.8) is 0 Å². The molecule has 6 heteroatoms. The third kappa shape index (κ3) is 4.26. The monoisotopic (exact) mass is 293 g/mol. The summed E-state index contributed by atoms with van der Waals surface area (Å²) < 4.78 is 0. The average Bonchev–Trinajstić information content (AvgIpc) is 2.50. The first kappa shape index (κ1) is 17.1. The predicted octanol–water partition coefficient (Wildman–Crippen LogP) is 2.02. The molecule has 21 heavy (non-hydrogen) atoms. The standard InChI is InChI=1S/C15H23N3O3/c1-3-15(4-2,11-16)14(19)17-10-9-12-5-7-13(8-6-12)18(20)21/h5-8H,3-4,9-11,16H2,1-2H3,(H,17,19). The Labute approximate surface area is 124 Å². The minimum absolute atomic E-state index is 0.0167. The van der Waals surface area contributed by atoms with E-state index in [0.717, 1.165) is 5.56 Å². The van der Waals surface area contributed by atoms with Gasteiger partial charge in [-0.3, -0.25) is 14.9 Å². The maximum Gasteiger partial charge on any atom is 0.269 e. The fourth-order valence-corrected chi connectivity index (χ4v) is 2.24. The first-order valence-corrected chi connectivity index (χ1v) is 7.20. The molecule has 6 nitrogen and oxygen atoms in total. The van der Waals surface area contributed by atoms with Gasteiger partial charge < -0.3 is 11.1 Å². The summed E-state index contributed by atoms with van der Waals surface area (Å²) in [5, 5.41) is 13.5. The van der Waals surface area contributed by atoms with Crippen LogP contribution in [0.25, 0.3) is 0 Å². The van der Waals surface area contributed by atoms with Crippen molar-refractivity contribution in [1.82, 2.24) is 5.32 Å². The Kier molecular flexibility index (Phi) is 6.30. The van der Waals surface area contributed by atoms with Crippen LogP contribution in [0.2, 0.25) is 0 Å². The molecule has 3 N–H and O–H groups in total. The van der Waals surface area contributed by atoms with Crippen LogP contribution in [0.5, 0.6) is 0 Å². The number of carbonyl (C=O) groups is 1. The van der Waals surface area contributed by atoms with Crippen LogP contribution in [0.15, 0.2) is 24.3 Å². The second-order valence-electron chi connectivity index (χ2n) is 5.12. The highest BCUT2D eigenvalue weighted by atomic mass is 16.6. The molecule has 0 saturated carbocycles. The van der Waals surface area contributed by atoms with Crippen molar-refractivity contribution in [3.05, 3.63) is 39.9 Å². The number of carbonyl (C=O) groups excluding carboxylic acids is 1. The lowest BCUT2D eigenvalue weighted by Crippen LogP contribution is -2.45. The van der Waals surface area contributed by atoms with Crippen LogP contribution in [0, 0.1) is 15.5 Å². The molecule has 0 fully saturated rings. The van der Waals surface area contributed by atoms with Gasteiger partial charge in [0.25, 0.3) is 5.69 Å². The fraction of sp³-hybridized carbons (Fsp3) is 0.533. The molecular weight excluding hydrogens is 270 g/mol. The molecule has 116 valence electrons. The molecule has 0 unspecified atom stereocenters. The van der Waals surface area contributed by atoms with Gasteiger partial charge in [0, 0.05) is 25.2 Å². The summed E-state index contributed by atoms with van der Waals surface area (Å²) in [6, 6.07) is 6.36. The van der Waals surface area contributed by atoms with E-state index in [1.165, 1.54) is 12.1 Å². The molecule has 0 saturated heterocycles. The summed E-state index contributed by atoms with van der Waals surface area (Å²) in [7, 11) is 0. The zero-order valence-corrected chi connectivity index (χ0v) is 12.6. The van der Waals surface area contributed by atoms with Crippen molar-refractivity contribution in [2.45, 2.75) is 33.1 Å². The number of nitrogens with one attached hydrogen (secondary N) is 1. The fourth-order valence-electron chi connectivity index (χ4n) is 2.24. The van der Waals surface area contributed by atoms with Crippen LogP contribution in [0.3, 0.4) is 0 Å². The number of hydrogen-bond donors (Lipinski definition) is 2. The Morgan fingerprint density at radius 1 is 1.29 bits per heavy atom. The van der Waals surface area contributed by atoms with E-state index in [9.17, 15) is 14.9 Å². The number of nitrogens with two attached hydrogens (primary N) is 1. The van der Waals surface area contributed by atoms with Gasteiger partial charge in [0.2, 0.25) is 5.91 Å². The Balaban J connectivity index is 2.53. The Bertz CT molecular complexity index is 473. The maximum absolute atomic E-state index is 12.2. The van der Waals surface area contributed by atoms with Crippen LogP contribution in [-0.4, -0.2) is 23.9 Å². The Morgan fingerprint density at radius 2 is 1.86 bits per heavy atom. The molecular formula is C15H23N3O3. The van der Waals surface area contributed by atoms with Gasteiger partial charge in [-0.25, -0.2) is 0 Å². The zero-order chi connectivity index (χ0) is 15.9. The van der Waals surface area contributed by atoms with E-state index >= 15 is 0 Å². The summed E-state index contributed by atoms with van der Waals surface area (Å²) in [4.78, 5) is 22.3. The highest BCUT2D eigenvalue weighted by Crippen LogP contribution is 2.24. The highest BCUT2D eigenvalue weighted by Gasteiger charge is 2.32. The predicted molar refractivity (Wildman–Crippen MR) is 81.9 cm³/mol. The third-order valence-corrected chi connectivity index (χ3v) is 4.07. The maximum atomic E-state index is 12.2. The van der Waals surface area contributed by atoms with Crippen LogP contribution in [-0.2, 0) is 11.2 Å². The molecule has 1 rings (SSSR count). The lowest BCUT2D eigenvalue weighted by atomic mass is 9.81. The van der Waals surface area contributed by atoms with Crippen molar-refractivity contribution < 1.29 is 9.72 Å². The lowest BCUT2D eigenvalue weighted by Gasteiger charge is -2.28. The molecule has 0 heterocycles. The number of amides is 1. The zero-order valence-electron chi connectivity index (χ0n) is 12.6. The van der Waals surface area contributed by atoms with Crippen molar-refractivity contribution in [1.29, 1.82) is 0 Å². The van der Waals surface area contributed by atoms with Gasteiger partial charge in [-0.2, -0.15) is 0 Å². The van der Waals surface area contributed by atoms with Crippen molar-refractivity contribution in [3.8, 4) is 0 Å². The molecule has 0 bridgehead atoms. The van der Waals surface area contributed by atoms with Gasteiger partial charge in [0.15, 0.2) is 0 Å². The molecule has 0 aromatic heterocycles. The quantitative estimate of drug-likeness (QED) is 0.566. The number of nitrogens with zero attached hydrogens (tertiary/aromatic N) is 1. The number of benzene rings is 1. The first-order valence-electron chi connectivity index (χ1n) is 7.20. The minimum atomic E-state index is -0.491. The van der Waals surface area contributed by atoms with Gasteiger partial charge in [0.1, 0.15) is 0 Å². The second kappa shape index (κ2) is 7.73. The van der Waals surface area contributed by atoms with E-state index in [0.29, 0.717) is 32.4 Å². The summed E-state index contributed by atoms with van der Waals surface area (Å²) >= 11 is 0. The van der Waals surface area contributed by atoms with E-state index in [-0.39, 0.29) is 11.6 Å². The Hall–Kier alpha value is -1.95. The average molecular weight is 293 g/mol. The molecule has 0 aliphatic rings. The summed E-state index contributed by atoms with van der Waals surface area (Å²) in [5.74, 6) is -0.0167. The molecule has 0 spiro atoms. The summed E-state index contributed by atoms with van der Waals surface area (Å²) in [5.41, 5.74) is 6.26. The third-order valence-electron chi connectivity index (χ3n) is 4.07. The van der Waals surface area contributed by atoms with Gasteiger partial charge in [-0.05, 0) is 24.8 Å². The normalized spacial score (nSPS) is 11.2. The van der Waals surface area contributed by atoms with Crippen LogP contribution in [0.1, 0.15) is 32.3 Å². The number of rotatable bonds is 8. The van der Waals surface area contributed by atoms with Gasteiger partial charge in [-0.15, -0.1) is 0 Å². The summed E-state index contributed by atoms with van der Waals surface area (Å²) in [6.45, 7) is 4.76. The number of nitro benzene ring substituents is 1. The first-order chi connectivity index (χ1) is 9.99. The van der Waals surface area contributed by atoms with E-state index in [1.807, 2.05) is 13.8 Å². The van der Waals surface area contributed by atoms with E-state index in [1.54, 1.807) is 12.1 Å². The lowest BCUT2D eigenvalue weighted by molar-refractivity contribution is -0.384. The molecule has 0 atom stereocenters. The van der Waals surface area contributed by atoms with Crippen LogP contribution < -0.4 is 11.1 Å². The molecule has 0 radical (unpaired) electrons. The van der Waals surface area contributed by atoms with Crippen LogP contribution >= 0.6 is 0 Å². The van der Waals surface area contributed by atoms with Crippen molar-refractivity contribution in [2.75, 3.05) is 13.1 Å². The molecule has 0 aliphatic carbocycles. The smallest absolute Gasteiger partial charge is 0.269 e. The highest BCUT2D eigenvalue weighted by molar-refractivity contribution is 5.82. The van der Waals surface area contributed by atoms with E-state index in [2.05, 4.69) is 5.32 Å². The molecule has 0 aliphatic heterocycles. The van der Waals surface area contributed by atoms with Gasteiger partial charge in [-0.1, -0.05) is 26.0 Å². The summed E-state index contributed by atoms with van der Waals surface area (Å²) in [6.07, 6.45) is 2.06. The van der Waals surface area contributed by atoms with Gasteiger partial charge in [0.05, 0.1) is 10.3 Å². The van der Waals surface area contributed by atoms with E-state index < -0.39 is 10.3 Å². The number of non-ortho nitro benzene ring substituents is 1. The molecule has 1 amide bonds. The SMILES string of the molecule is CCC(CC)(CN)C(=O)NCCc1ccc([N+](=O)[O-])cc1. The topological polar surface area (TPSA) is 98.3 Å².